The van der Waals surface area contributed by atoms with Crippen molar-refractivity contribution in [1.82, 2.24) is 9.80 Å². The molecule has 1 heterocycles. The van der Waals surface area contributed by atoms with E-state index in [-0.39, 0.29) is 5.78 Å². The minimum Gasteiger partial charge on any atom is -0.382 e. The van der Waals surface area contributed by atoms with Crippen LogP contribution in [0.25, 0.3) is 0 Å². The average molecular weight is 194 g/mol. The molecular weight excluding hydrogens is 180 g/mol. The highest BCUT2D eigenvalue weighted by Crippen LogP contribution is 2.15. The van der Waals surface area contributed by atoms with Crippen molar-refractivity contribution < 1.29 is 4.79 Å². The van der Waals surface area contributed by atoms with Crippen molar-refractivity contribution in [3.05, 3.63) is 23.8 Å². The quantitative estimate of drug-likeness (QED) is 0.612. The molecule has 5 nitrogen and oxygen atoms in total. The van der Waals surface area contributed by atoms with Gasteiger partial charge >= 0.3 is 0 Å². The van der Waals surface area contributed by atoms with Crippen molar-refractivity contribution in [2.45, 2.75) is 0 Å². The third kappa shape index (κ3) is 2.18. The summed E-state index contributed by atoms with van der Waals surface area (Å²) in [4.78, 5) is 15.2. The summed E-state index contributed by atoms with van der Waals surface area (Å²) in [5.41, 5.74) is 0.911. The van der Waals surface area contributed by atoms with Crippen molar-refractivity contribution in [2.75, 3.05) is 28.2 Å². The second-order valence-corrected chi connectivity index (χ2v) is 3.43. The van der Waals surface area contributed by atoms with E-state index >= 15 is 0 Å². The lowest BCUT2D eigenvalue weighted by molar-refractivity contribution is -0.113. The molecule has 0 saturated carbocycles. The molecule has 1 rings (SSSR count). The molecular formula is C9H14N4O. The number of likely N-dealkylation sites (N-methyl/N-ethyl adjacent to an activating group) is 1. The van der Waals surface area contributed by atoms with Crippen LogP contribution in [0.1, 0.15) is 0 Å². The molecule has 5 heteroatoms. The van der Waals surface area contributed by atoms with Gasteiger partial charge in [-0.15, -0.1) is 5.11 Å². The zero-order valence-corrected chi connectivity index (χ0v) is 8.85. The molecule has 0 bridgehead atoms. The molecule has 0 unspecified atom stereocenters. The Morgan fingerprint density at radius 1 is 1.29 bits per heavy atom. The summed E-state index contributed by atoms with van der Waals surface area (Å²) < 4.78 is 0. The van der Waals surface area contributed by atoms with Gasteiger partial charge in [-0.3, -0.25) is 4.79 Å². The fourth-order valence-electron chi connectivity index (χ4n) is 1.03. The zero-order chi connectivity index (χ0) is 10.7. The second-order valence-electron chi connectivity index (χ2n) is 3.43. The molecule has 0 saturated heterocycles. The molecule has 0 N–H and O–H groups in total. The maximum atomic E-state index is 11.7. The van der Waals surface area contributed by atoms with E-state index in [1.54, 1.807) is 30.1 Å². The van der Waals surface area contributed by atoms with E-state index in [9.17, 15) is 4.79 Å². The van der Waals surface area contributed by atoms with Crippen LogP contribution in [0.4, 0.5) is 0 Å². The van der Waals surface area contributed by atoms with Crippen LogP contribution in [0.5, 0.6) is 0 Å². The van der Waals surface area contributed by atoms with Gasteiger partial charge in [0, 0.05) is 34.4 Å². The maximum Gasteiger partial charge on any atom is 0.232 e. The van der Waals surface area contributed by atoms with E-state index in [0.29, 0.717) is 11.4 Å². The smallest absolute Gasteiger partial charge is 0.232 e. The number of azo groups is 1. The molecule has 0 aromatic carbocycles. The lowest BCUT2D eigenvalue weighted by Crippen LogP contribution is -2.22. The topological polar surface area (TPSA) is 48.3 Å². The largest absolute Gasteiger partial charge is 0.382 e. The summed E-state index contributed by atoms with van der Waals surface area (Å²) in [5, 5.41) is 7.55. The molecule has 76 valence electrons. The standard InChI is InChI=1S/C9H14N4O/c1-12(2)6-7-9(14)8(13(3)4)5-10-11-7/h5-6H,1-4H3. The molecule has 0 atom stereocenters. The van der Waals surface area contributed by atoms with Crippen molar-refractivity contribution in [3.8, 4) is 0 Å². The summed E-state index contributed by atoms with van der Waals surface area (Å²) in [6.45, 7) is 0. The van der Waals surface area contributed by atoms with E-state index in [1.165, 1.54) is 6.20 Å². The van der Waals surface area contributed by atoms with Crippen LogP contribution in [0.3, 0.4) is 0 Å². The van der Waals surface area contributed by atoms with Crippen LogP contribution in [0.15, 0.2) is 34.0 Å². The predicted molar refractivity (Wildman–Crippen MR) is 53.4 cm³/mol. The highest BCUT2D eigenvalue weighted by atomic mass is 16.1. The Morgan fingerprint density at radius 3 is 2.43 bits per heavy atom. The number of ketones is 1. The first-order valence-corrected chi connectivity index (χ1v) is 4.23. The van der Waals surface area contributed by atoms with Crippen LogP contribution in [0, 0.1) is 0 Å². The molecule has 0 aliphatic carbocycles. The van der Waals surface area contributed by atoms with E-state index in [0.717, 1.165) is 0 Å². The number of nitrogens with zero attached hydrogens (tertiary/aromatic N) is 4. The van der Waals surface area contributed by atoms with Crippen molar-refractivity contribution in [2.24, 2.45) is 10.2 Å². The summed E-state index contributed by atoms with van der Waals surface area (Å²) in [6, 6.07) is 0. The Morgan fingerprint density at radius 2 is 1.93 bits per heavy atom. The minimum atomic E-state index is -0.0984. The Hall–Kier alpha value is -1.65. The summed E-state index contributed by atoms with van der Waals surface area (Å²) in [5.74, 6) is -0.0984. The Kier molecular flexibility index (Phi) is 3.01. The molecule has 0 aromatic heterocycles. The van der Waals surface area contributed by atoms with Crippen LogP contribution >= 0.6 is 0 Å². The van der Waals surface area contributed by atoms with Crippen molar-refractivity contribution in [1.29, 1.82) is 0 Å². The van der Waals surface area contributed by atoms with E-state index in [1.807, 2.05) is 14.1 Å². The first kappa shape index (κ1) is 10.4. The predicted octanol–water partition coefficient (Wildman–Crippen LogP) is 0.827. The first-order chi connectivity index (χ1) is 6.52. The SMILES string of the molecule is CN(C)C=C1N=NC=C(N(C)C)C1=O. The lowest BCUT2D eigenvalue weighted by Gasteiger charge is -2.17. The van der Waals surface area contributed by atoms with E-state index in [2.05, 4.69) is 10.2 Å². The van der Waals surface area contributed by atoms with Crippen molar-refractivity contribution >= 4 is 5.78 Å². The van der Waals surface area contributed by atoms with E-state index < -0.39 is 0 Å². The fourth-order valence-corrected chi connectivity index (χ4v) is 1.03. The number of carbonyl (C=O) groups excluding carboxylic acids is 1. The molecule has 0 spiro atoms. The Balaban J connectivity index is 2.95. The maximum absolute atomic E-state index is 11.7. The third-order valence-electron chi connectivity index (χ3n) is 1.67. The van der Waals surface area contributed by atoms with Gasteiger partial charge in [-0.05, 0) is 0 Å². The second kappa shape index (κ2) is 4.04. The Labute approximate surface area is 83.4 Å². The molecule has 0 aromatic rings. The van der Waals surface area contributed by atoms with Crippen LogP contribution in [0.2, 0.25) is 0 Å². The highest BCUT2D eigenvalue weighted by Gasteiger charge is 2.20. The normalized spacial score (nSPS) is 18.4. The number of rotatable bonds is 2. The van der Waals surface area contributed by atoms with Gasteiger partial charge in [0.05, 0.1) is 6.20 Å². The van der Waals surface area contributed by atoms with Gasteiger partial charge in [0.2, 0.25) is 5.78 Å². The number of carbonyl (C=O) groups is 1. The van der Waals surface area contributed by atoms with Crippen LogP contribution in [-0.4, -0.2) is 43.8 Å². The molecule has 14 heavy (non-hydrogen) atoms. The molecule has 0 fully saturated rings. The van der Waals surface area contributed by atoms with Gasteiger partial charge in [-0.2, -0.15) is 5.11 Å². The summed E-state index contributed by atoms with van der Waals surface area (Å²) in [6.07, 6.45) is 3.12. The fraction of sp³-hybridized carbons (Fsp3) is 0.444. The monoisotopic (exact) mass is 194 g/mol. The number of Topliss-reactive ketones (excluding diaryl/α,β-unsaturated/α-hetero) is 1. The van der Waals surface area contributed by atoms with Crippen LogP contribution in [-0.2, 0) is 4.79 Å². The number of hydrogen-bond donors (Lipinski definition) is 0. The van der Waals surface area contributed by atoms with E-state index in [4.69, 9.17) is 0 Å². The van der Waals surface area contributed by atoms with Gasteiger partial charge in [-0.25, -0.2) is 0 Å². The molecule has 0 radical (unpaired) electrons. The molecule has 1 aliphatic heterocycles. The summed E-state index contributed by atoms with van der Waals surface area (Å²) in [7, 11) is 7.28. The Bertz CT molecular complexity index is 326. The zero-order valence-electron chi connectivity index (χ0n) is 8.85. The number of hydrogen-bond acceptors (Lipinski definition) is 5. The molecule has 0 amide bonds. The van der Waals surface area contributed by atoms with Gasteiger partial charge in [0.15, 0.2) is 5.70 Å². The van der Waals surface area contributed by atoms with Crippen molar-refractivity contribution in [3.63, 3.8) is 0 Å². The first-order valence-electron chi connectivity index (χ1n) is 4.23. The van der Waals surface area contributed by atoms with Gasteiger partial charge in [0.1, 0.15) is 5.70 Å². The highest BCUT2D eigenvalue weighted by molar-refractivity contribution is 6.07. The lowest BCUT2D eigenvalue weighted by atomic mass is 10.2. The summed E-state index contributed by atoms with van der Waals surface area (Å²) >= 11 is 0. The average Bonchev–Trinajstić information content (AvgIpc) is 2.07. The van der Waals surface area contributed by atoms with Gasteiger partial charge in [-0.1, -0.05) is 0 Å². The van der Waals surface area contributed by atoms with Gasteiger partial charge in [0.25, 0.3) is 0 Å². The minimum absolute atomic E-state index is 0.0984. The van der Waals surface area contributed by atoms with Gasteiger partial charge < -0.3 is 9.80 Å². The van der Waals surface area contributed by atoms with Crippen LogP contribution < -0.4 is 0 Å². The third-order valence-corrected chi connectivity index (χ3v) is 1.67. The molecule has 1 aliphatic rings.